The normalized spacial score (nSPS) is 14.3. The van der Waals surface area contributed by atoms with Gasteiger partial charge in [-0.05, 0) is 24.6 Å². The van der Waals surface area contributed by atoms with Gasteiger partial charge in [0.15, 0.2) is 0 Å². The van der Waals surface area contributed by atoms with Gasteiger partial charge in [-0.25, -0.2) is 4.79 Å². The molecule has 106 valence electrons. The maximum Gasteiger partial charge on any atom is 0.324 e. The summed E-state index contributed by atoms with van der Waals surface area (Å²) in [5, 5.41) is 2.89. The zero-order chi connectivity index (χ0) is 14.5. The van der Waals surface area contributed by atoms with Crippen molar-refractivity contribution in [1.82, 2.24) is 10.2 Å². The maximum absolute atomic E-state index is 11.6. The summed E-state index contributed by atoms with van der Waals surface area (Å²) in [5.41, 5.74) is 0. The van der Waals surface area contributed by atoms with Gasteiger partial charge in [-0.2, -0.15) is 0 Å². The van der Waals surface area contributed by atoms with E-state index in [0.29, 0.717) is 17.2 Å². The third-order valence-electron chi connectivity index (χ3n) is 2.73. The van der Waals surface area contributed by atoms with Crippen molar-refractivity contribution < 1.29 is 19.1 Å². The van der Waals surface area contributed by atoms with Crippen LogP contribution in [0.5, 0.6) is 5.75 Å². The van der Waals surface area contributed by atoms with E-state index in [4.69, 9.17) is 16.3 Å². The van der Waals surface area contributed by atoms with Gasteiger partial charge in [-0.3, -0.25) is 14.5 Å². The SMILES string of the molecule is O=C(CCCN1C(=O)CNC1=O)Oc1cccc(Cl)c1. The van der Waals surface area contributed by atoms with Gasteiger partial charge in [0.25, 0.3) is 0 Å². The fourth-order valence-corrected chi connectivity index (χ4v) is 1.96. The van der Waals surface area contributed by atoms with E-state index in [1.54, 1.807) is 18.2 Å². The molecule has 1 saturated heterocycles. The molecule has 0 spiro atoms. The molecule has 1 fully saturated rings. The first kappa shape index (κ1) is 14.3. The topological polar surface area (TPSA) is 75.7 Å². The number of carbonyl (C=O) groups excluding carboxylic acids is 3. The number of imide groups is 1. The van der Waals surface area contributed by atoms with Crippen LogP contribution in [0.1, 0.15) is 12.8 Å². The van der Waals surface area contributed by atoms with Crippen LogP contribution in [-0.2, 0) is 9.59 Å². The van der Waals surface area contributed by atoms with Crippen LogP contribution in [-0.4, -0.2) is 35.9 Å². The molecule has 0 saturated carbocycles. The minimum atomic E-state index is -0.431. The molecule has 20 heavy (non-hydrogen) atoms. The monoisotopic (exact) mass is 296 g/mol. The molecule has 1 heterocycles. The predicted molar refractivity (Wildman–Crippen MR) is 71.4 cm³/mol. The summed E-state index contributed by atoms with van der Waals surface area (Å²) in [6.45, 7) is 0.223. The summed E-state index contributed by atoms with van der Waals surface area (Å²) in [7, 11) is 0. The molecule has 0 unspecified atom stereocenters. The lowest BCUT2D eigenvalue weighted by Crippen LogP contribution is -2.32. The minimum absolute atomic E-state index is 0.0196. The summed E-state index contributed by atoms with van der Waals surface area (Å²) in [4.78, 5) is 35.2. The number of esters is 1. The Morgan fingerprint density at radius 1 is 1.40 bits per heavy atom. The number of nitrogens with zero attached hydrogens (tertiary/aromatic N) is 1. The number of urea groups is 1. The van der Waals surface area contributed by atoms with Crippen LogP contribution in [0.3, 0.4) is 0 Å². The highest BCUT2D eigenvalue weighted by molar-refractivity contribution is 6.30. The highest BCUT2D eigenvalue weighted by Crippen LogP contribution is 2.17. The highest BCUT2D eigenvalue weighted by atomic mass is 35.5. The zero-order valence-corrected chi connectivity index (χ0v) is 11.4. The van der Waals surface area contributed by atoms with Crippen LogP contribution in [0, 0.1) is 0 Å². The Morgan fingerprint density at radius 3 is 2.85 bits per heavy atom. The Hall–Kier alpha value is -2.08. The van der Waals surface area contributed by atoms with Gasteiger partial charge in [0.2, 0.25) is 5.91 Å². The smallest absolute Gasteiger partial charge is 0.324 e. The van der Waals surface area contributed by atoms with Crippen LogP contribution >= 0.6 is 11.6 Å². The number of rotatable bonds is 5. The molecule has 1 aromatic carbocycles. The minimum Gasteiger partial charge on any atom is -0.426 e. The Balaban J connectivity index is 1.75. The molecule has 0 atom stereocenters. The Bertz CT molecular complexity index is 531. The van der Waals surface area contributed by atoms with Crippen molar-refractivity contribution >= 4 is 29.5 Å². The summed E-state index contributed by atoms with van der Waals surface area (Å²) in [6.07, 6.45) is 0.474. The van der Waals surface area contributed by atoms with Crippen molar-refractivity contribution in [1.29, 1.82) is 0 Å². The van der Waals surface area contributed by atoms with Crippen molar-refractivity contribution in [3.63, 3.8) is 0 Å². The van der Waals surface area contributed by atoms with E-state index < -0.39 is 12.0 Å². The third kappa shape index (κ3) is 3.71. The second-order valence-corrected chi connectivity index (χ2v) is 4.68. The summed E-state index contributed by atoms with van der Waals surface area (Å²) >= 11 is 5.77. The van der Waals surface area contributed by atoms with Crippen LogP contribution in [0.4, 0.5) is 4.79 Å². The molecule has 1 N–H and O–H groups in total. The fraction of sp³-hybridized carbons (Fsp3) is 0.308. The van der Waals surface area contributed by atoms with E-state index in [2.05, 4.69) is 5.32 Å². The van der Waals surface area contributed by atoms with Gasteiger partial charge < -0.3 is 10.1 Å². The lowest BCUT2D eigenvalue weighted by atomic mass is 10.3. The fourth-order valence-electron chi connectivity index (χ4n) is 1.78. The second-order valence-electron chi connectivity index (χ2n) is 4.24. The first-order chi connectivity index (χ1) is 9.56. The van der Waals surface area contributed by atoms with E-state index >= 15 is 0 Å². The van der Waals surface area contributed by atoms with Gasteiger partial charge in [0.1, 0.15) is 5.75 Å². The lowest BCUT2D eigenvalue weighted by Gasteiger charge is -2.11. The van der Waals surface area contributed by atoms with Gasteiger partial charge in [0.05, 0.1) is 6.54 Å². The average Bonchev–Trinajstić information content (AvgIpc) is 2.70. The average molecular weight is 297 g/mol. The van der Waals surface area contributed by atoms with E-state index in [1.165, 1.54) is 6.07 Å². The Labute approximate surface area is 120 Å². The molecular formula is C13H13ClN2O4. The Kier molecular flexibility index (Phi) is 4.57. The van der Waals surface area contributed by atoms with E-state index in [9.17, 15) is 14.4 Å². The van der Waals surface area contributed by atoms with Crippen LogP contribution in [0.25, 0.3) is 0 Å². The first-order valence-electron chi connectivity index (χ1n) is 6.11. The quantitative estimate of drug-likeness (QED) is 0.508. The number of amides is 3. The molecule has 7 heteroatoms. The number of halogens is 1. The molecule has 1 aromatic rings. The molecule has 2 rings (SSSR count). The van der Waals surface area contributed by atoms with Gasteiger partial charge in [-0.15, -0.1) is 0 Å². The van der Waals surface area contributed by atoms with Crippen LogP contribution in [0.2, 0.25) is 5.02 Å². The van der Waals surface area contributed by atoms with Crippen LogP contribution in [0.15, 0.2) is 24.3 Å². The van der Waals surface area contributed by atoms with Crippen molar-refractivity contribution in [3.8, 4) is 5.75 Å². The molecule has 0 aliphatic carbocycles. The standard InChI is InChI=1S/C13H13ClN2O4/c14-9-3-1-4-10(7-9)20-12(18)5-2-6-16-11(17)8-15-13(16)19/h1,3-4,7H,2,5-6,8H2,(H,15,19). The molecule has 0 bridgehead atoms. The molecule has 0 aromatic heterocycles. The lowest BCUT2D eigenvalue weighted by molar-refractivity contribution is -0.135. The Morgan fingerprint density at radius 2 is 2.20 bits per heavy atom. The van der Waals surface area contributed by atoms with Crippen molar-refractivity contribution in [2.75, 3.05) is 13.1 Å². The summed E-state index contributed by atoms with van der Waals surface area (Å²) in [5.74, 6) is -0.338. The predicted octanol–water partition coefficient (Wildman–Crippen LogP) is 1.58. The molecule has 0 radical (unpaired) electrons. The highest BCUT2D eigenvalue weighted by Gasteiger charge is 2.27. The second kappa shape index (κ2) is 6.38. The summed E-state index contributed by atoms with van der Waals surface area (Å²) < 4.78 is 5.09. The first-order valence-corrected chi connectivity index (χ1v) is 6.48. The summed E-state index contributed by atoms with van der Waals surface area (Å²) in [6, 6.07) is 6.10. The third-order valence-corrected chi connectivity index (χ3v) is 2.96. The molecule has 3 amide bonds. The molecule has 1 aliphatic rings. The largest absolute Gasteiger partial charge is 0.426 e. The maximum atomic E-state index is 11.6. The number of hydrogen-bond acceptors (Lipinski definition) is 4. The van der Waals surface area contributed by atoms with Crippen molar-refractivity contribution in [3.05, 3.63) is 29.3 Å². The van der Waals surface area contributed by atoms with E-state index in [0.717, 1.165) is 4.90 Å². The number of carbonyl (C=O) groups is 3. The number of hydrogen-bond donors (Lipinski definition) is 1. The molecule has 6 nitrogen and oxygen atoms in total. The van der Waals surface area contributed by atoms with Gasteiger partial charge in [0, 0.05) is 18.0 Å². The zero-order valence-electron chi connectivity index (χ0n) is 10.6. The molecular weight excluding hydrogens is 284 g/mol. The number of benzene rings is 1. The van der Waals surface area contributed by atoms with Crippen molar-refractivity contribution in [2.45, 2.75) is 12.8 Å². The van der Waals surface area contributed by atoms with Crippen LogP contribution < -0.4 is 10.1 Å². The van der Waals surface area contributed by atoms with Gasteiger partial charge >= 0.3 is 12.0 Å². The van der Waals surface area contributed by atoms with Gasteiger partial charge in [-0.1, -0.05) is 17.7 Å². The molecule has 1 aliphatic heterocycles. The number of nitrogens with one attached hydrogen (secondary N) is 1. The number of ether oxygens (including phenoxy) is 1. The van der Waals surface area contributed by atoms with E-state index in [1.807, 2.05) is 0 Å². The van der Waals surface area contributed by atoms with E-state index in [-0.39, 0.29) is 25.4 Å². The van der Waals surface area contributed by atoms with Crippen molar-refractivity contribution in [2.24, 2.45) is 0 Å².